The maximum atomic E-state index is 7.07. The van der Waals surface area contributed by atoms with E-state index in [1.165, 1.54) is 16.8 Å². The highest BCUT2D eigenvalue weighted by molar-refractivity contribution is 6.99. The van der Waals surface area contributed by atoms with E-state index in [-0.39, 0.29) is 11.1 Å². The first-order valence-corrected chi connectivity index (χ1v) is 12.7. The van der Waals surface area contributed by atoms with Gasteiger partial charge in [0.1, 0.15) is 0 Å². The van der Waals surface area contributed by atoms with Crippen LogP contribution in [0.15, 0.2) is 60.7 Å². The van der Waals surface area contributed by atoms with Crippen LogP contribution in [0.2, 0.25) is 5.04 Å². The third-order valence-electron chi connectivity index (χ3n) is 6.42. The van der Waals surface area contributed by atoms with Gasteiger partial charge in [-0.05, 0) is 47.5 Å². The fourth-order valence-electron chi connectivity index (χ4n) is 4.84. The first kappa shape index (κ1) is 20.8. The molecule has 1 heterocycles. The summed E-state index contributed by atoms with van der Waals surface area (Å²) >= 11 is 0. The highest BCUT2D eigenvalue weighted by Crippen LogP contribution is 2.47. The van der Waals surface area contributed by atoms with Gasteiger partial charge in [0.15, 0.2) is 5.79 Å². The molecule has 2 aromatic rings. The van der Waals surface area contributed by atoms with Crippen LogP contribution in [-0.4, -0.2) is 33.4 Å². The first-order chi connectivity index (χ1) is 13.7. The van der Waals surface area contributed by atoms with E-state index in [0.29, 0.717) is 18.4 Å². The van der Waals surface area contributed by atoms with E-state index in [1.54, 1.807) is 0 Å². The zero-order chi connectivity index (χ0) is 20.7. The SMILES string of the molecule is CC1(C)OC[C@H]([C@@H]2C[C@@H]2CO[Si](c2ccccc2)(c2ccccc2)C(C)(C)C)O1. The average Bonchev–Trinajstić information content (AvgIpc) is 3.37. The molecule has 4 heteroatoms. The third-order valence-corrected chi connectivity index (χ3v) is 11.4. The van der Waals surface area contributed by atoms with Crippen LogP contribution < -0.4 is 10.4 Å². The van der Waals surface area contributed by atoms with E-state index >= 15 is 0 Å². The summed E-state index contributed by atoms with van der Waals surface area (Å²) < 4.78 is 19.0. The average molecular weight is 411 g/mol. The normalized spacial score (nSPS) is 26.4. The van der Waals surface area contributed by atoms with Crippen molar-refractivity contribution in [1.29, 1.82) is 0 Å². The Hall–Kier alpha value is -1.46. The van der Waals surface area contributed by atoms with E-state index in [0.717, 1.165) is 6.61 Å². The second-order valence-electron chi connectivity index (χ2n) is 10.0. The molecule has 2 fully saturated rings. The lowest BCUT2D eigenvalue weighted by atomic mass is 10.2. The Morgan fingerprint density at radius 3 is 1.97 bits per heavy atom. The molecule has 29 heavy (non-hydrogen) atoms. The summed E-state index contributed by atoms with van der Waals surface area (Å²) in [4.78, 5) is 0. The van der Waals surface area contributed by atoms with E-state index in [2.05, 4.69) is 81.4 Å². The van der Waals surface area contributed by atoms with Gasteiger partial charge in [-0.2, -0.15) is 0 Å². The molecule has 0 bridgehead atoms. The van der Waals surface area contributed by atoms with Crippen molar-refractivity contribution < 1.29 is 13.9 Å². The van der Waals surface area contributed by atoms with Crippen LogP contribution in [0.4, 0.5) is 0 Å². The van der Waals surface area contributed by atoms with Gasteiger partial charge in [0.25, 0.3) is 8.32 Å². The molecule has 3 atom stereocenters. The molecule has 0 radical (unpaired) electrons. The smallest absolute Gasteiger partial charge is 0.261 e. The van der Waals surface area contributed by atoms with Crippen LogP contribution >= 0.6 is 0 Å². The molecule has 1 saturated carbocycles. The van der Waals surface area contributed by atoms with Gasteiger partial charge in [0, 0.05) is 6.61 Å². The molecule has 1 saturated heterocycles. The number of hydrogen-bond donors (Lipinski definition) is 0. The largest absolute Gasteiger partial charge is 0.407 e. The van der Waals surface area contributed by atoms with E-state index in [9.17, 15) is 0 Å². The predicted octanol–water partition coefficient (Wildman–Crippen LogP) is 4.35. The fraction of sp³-hybridized carbons (Fsp3) is 0.520. The lowest BCUT2D eigenvalue weighted by molar-refractivity contribution is -0.141. The van der Waals surface area contributed by atoms with Crippen molar-refractivity contribution >= 4 is 18.7 Å². The molecule has 0 aromatic heterocycles. The van der Waals surface area contributed by atoms with E-state index < -0.39 is 14.1 Å². The van der Waals surface area contributed by atoms with Gasteiger partial charge in [-0.25, -0.2) is 0 Å². The third kappa shape index (κ3) is 4.09. The summed E-state index contributed by atoms with van der Waals surface area (Å²) in [6, 6.07) is 21.8. The molecule has 0 N–H and O–H groups in total. The van der Waals surface area contributed by atoms with E-state index in [4.69, 9.17) is 13.9 Å². The van der Waals surface area contributed by atoms with Crippen molar-refractivity contribution in [1.82, 2.24) is 0 Å². The Morgan fingerprint density at radius 1 is 0.966 bits per heavy atom. The molecule has 3 nitrogen and oxygen atoms in total. The molecule has 0 amide bonds. The minimum absolute atomic E-state index is 0.0229. The van der Waals surface area contributed by atoms with Crippen molar-refractivity contribution in [2.24, 2.45) is 11.8 Å². The number of benzene rings is 2. The lowest BCUT2D eigenvalue weighted by Gasteiger charge is -2.43. The maximum absolute atomic E-state index is 7.07. The zero-order valence-corrected chi connectivity index (χ0v) is 19.4. The van der Waals surface area contributed by atoms with Crippen LogP contribution in [-0.2, 0) is 13.9 Å². The Kier molecular flexibility index (Phi) is 5.49. The summed E-state index contributed by atoms with van der Waals surface area (Å²) in [6.07, 6.45) is 1.38. The Bertz CT molecular complexity index is 773. The van der Waals surface area contributed by atoms with Gasteiger partial charge < -0.3 is 13.9 Å². The van der Waals surface area contributed by atoms with Gasteiger partial charge in [0.05, 0.1) is 12.7 Å². The monoisotopic (exact) mass is 410 g/mol. The quantitative estimate of drug-likeness (QED) is 0.663. The van der Waals surface area contributed by atoms with Crippen LogP contribution in [0.5, 0.6) is 0 Å². The number of hydrogen-bond acceptors (Lipinski definition) is 3. The van der Waals surface area contributed by atoms with Crippen LogP contribution in [0.25, 0.3) is 0 Å². The van der Waals surface area contributed by atoms with E-state index in [1.807, 2.05) is 13.8 Å². The summed E-state index contributed by atoms with van der Waals surface area (Å²) in [5, 5.41) is 2.71. The second kappa shape index (κ2) is 7.66. The summed E-state index contributed by atoms with van der Waals surface area (Å²) in [7, 11) is -2.44. The Labute approximate surface area is 176 Å². The van der Waals surface area contributed by atoms with Crippen LogP contribution in [0.1, 0.15) is 41.0 Å². The first-order valence-electron chi connectivity index (χ1n) is 10.8. The maximum Gasteiger partial charge on any atom is 0.261 e. The molecule has 156 valence electrons. The predicted molar refractivity (Wildman–Crippen MR) is 120 cm³/mol. The molecule has 1 aliphatic carbocycles. The molecule has 0 spiro atoms. The molecular formula is C25H34O3Si. The van der Waals surface area contributed by atoms with Crippen molar-refractivity contribution in [3.8, 4) is 0 Å². The molecule has 2 aromatic carbocycles. The minimum Gasteiger partial charge on any atom is -0.407 e. The summed E-state index contributed by atoms with van der Waals surface area (Å²) in [6.45, 7) is 12.5. The minimum atomic E-state index is -2.44. The fourth-order valence-corrected chi connectivity index (χ4v) is 9.46. The van der Waals surface area contributed by atoms with Gasteiger partial charge in [-0.15, -0.1) is 0 Å². The Morgan fingerprint density at radius 2 is 1.52 bits per heavy atom. The van der Waals surface area contributed by atoms with Gasteiger partial charge in [-0.3, -0.25) is 0 Å². The van der Waals surface area contributed by atoms with Crippen molar-refractivity contribution in [3.63, 3.8) is 0 Å². The summed E-state index contributed by atoms with van der Waals surface area (Å²) in [5.74, 6) is 0.658. The van der Waals surface area contributed by atoms with Crippen LogP contribution in [0.3, 0.4) is 0 Å². The highest BCUT2D eigenvalue weighted by Gasteiger charge is 2.53. The molecular weight excluding hydrogens is 376 g/mol. The number of ether oxygens (including phenoxy) is 2. The van der Waals surface area contributed by atoms with Gasteiger partial charge in [-0.1, -0.05) is 81.4 Å². The second-order valence-corrected chi connectivity index (χ2v) is 14.3. The zero-order valence-electron chi connectivity index (χ0n) is 18.4. The topological polar surface area (TPSA) is 27.7 Å². The van der Waals surface area contributed by atoms with Crippen molar-refractivity contribution in [3.05, 3.63) is 60.7 Å². The number of rotatable bonds is 6. The standard InChI is InChI=1S/C25H34O3Si/c1-24(2,3)29(20-12-8-6-9-13-20,21-14-10-7-11-15-21)27-17-19-16-22(19)23-18-26-25(4,5)28-23/h6-15,19,22-23H,16-18H2,1-5H3/t19-,22-,23-/m1/s1. The highest BCUT2D eigenvalue weighted by atomic mass is 28.4. The molecule has 0 unspecified atom stereocenters. The van der Waals surface area contributed by atoms with Gasteiger partial charge >= 0.3 is 0 Å². The Balaban J connectivity index is 1.59. The molecule has 4 rings (SSSR count). The molecule has 1 aliphatic heterocycles. The van der Waals surface area contributed by atoms with Crippen LogP contribution in [0, 0.1) is 11.8 Å². The van der Waals surface area contributed by atoms with Crippen molar-refractivity contribution in [2.75, 3.05) is 13.2 Å². The van der Waals surface area contributed by atoms with Gasteiger partial charge in [0.2, 0.25) is 0 Å². The van der Waals surface area contributed by atoms with Crippen molar-refractivity contribution in [2.45, 2.75) is 58.0 Å². The molecule has 2 aliphatic rings. The summed E-state index contributed by atoms with van der Waals surface area (Å²) in [5.41, 5.74) is 0. The lowest BCUT2D eigenvalue weighted by Crippen LogP contribution is -2.66.